The summed E-state index contributed by atoms with van der Waals surface area (Å²) in [6, 6.07) is 19.6. The number of aromatic nitrogens is 2. The Kier molecular flexibility index (Phi) is 7.16. The molecule has 4 rings (SSSR count). The van der Waals surface area contributed by atoms with Gasteiger partial charge in [-0.1, -0.05) is 36.4 Å². The van der Waals surface area contributed by atoms with E-state index in [9.17, 15) is 9.59 Å². The summed E-state index contributed by atoms with van der Waals surface area (Å²) in [6.45, 7) is 0.350. The lowest BCUT2D eigenvalue weighted by atomic mass is 10.0. The van der Waals surface area contributed by atoms with Crippen LogP contribution in [0.25, 0.3) is 0 Å². The number of hydrogen-bond donors (Lipinski definition) is 2. The second-order valence-corrected chi connectivity index (χ2v) is 8.40. The Morgan fingerprint density at radius 2 is 1.85 bits per heavy atom. The van der Waals surface area contributed by atoms with Crippen molar-refractivity contribution in [3.8, 4) is 5.75 Å². The first-order valence-corrected chi connectivity index (χ1v) is 11.3. The molecule has 2 N–H and O–H groups in total. The number of carbonyl (C=O) groups excluding carboxylic acids is 2. The first kappa shape index (κ1) is 22.3. The number of nitrogens with one attached hydrogen (secondary N) is 2. The van der Waals surface area contributed by atoms with Gasteiger partial charge in [-0.2, -0.15) is 0 Å². The van der Waals surface area contributed by atoms with Crippen molar-refractivity contribution < 1.29 is 14.3 Å². The molecule has 8 heteroatoms. The van der Waals surface area contributed by atoms with E-state index in [0.717, 1.165) is 11.4 Å². The Balaban J connectivity index is 1.40. The average molecular weight is 461 g/mol. The molecule has 0 fully saturated rings. The van der Waals surface area contributed by atoms with Crippen molar-refractivity contribution in [2.75, 3.05) is 5.32 Å². The van der Waals surface area contributed by atoms with E-state index in [2.05, 4.69) is 15.6 Å². The lowest BCUT2D eigenvalue weighted by molar-refractivity contribution is -0.118. The minimum absolute atomic E-state index is 0.265. The van der Waals surface area contributed by atoms with Crippen LogP contribution in [0.5, 0.6) is 5.75 Å². The van der Waals surface area contributed by atoms with Crippen molar-refractivity contribution in [3.63, 3.8) is 0 Å². The molecule has 0 aliphatic heterocycles. The number of thiophene rings is 1. The number of carbonyl (C=O) groups is 2. The molecule has 2 aromatic heterocycles. The molecule has 0 spiro atoms. The number of aryl methyl sites for hydroxylation is 1. The Morgan fingerprint density at radius 1 is 1.06 bits per heavy atom. The highest BCUT2D eigenvalue weighted by Gasteiger charge is 2.22. The van der Waals surface area contributed by atoms with Gasteiger partial charge in [0.1, 0.15) is 24.2 Å². The number of imidazole rings is 1. The molecule has 1 unspecified atom stereocenters. The van der Waals surface area contributed by atoms with E-state index in [1.54, 1.807) is 36.5 Å². The van der Waals surface area contributed by atoms with Gasteiger partial charge < -0.3 is 19.9 Å². The second kappa shape index (κ2) is 10.6. The van der Waals surface area contributed by atoms with Crippen molar-refractivity contribution in [2.45, 2.75) is 19.1 Å². The topological polar surface area (TPSA) is 85.2 Å². The summed E-state index contributed by atoms with van der Waals surface area (Å²) in [6.07, 6.45) is 3.97. The number of nitrogens with zero attached hydrogens (tertiary/aromatic N) is 2. The minimum atomic E-state index is -0.721. The molecule has 168 valence electrons. The van der Waals surface area contributed by atoms with E-state index in [1.165, 1.54) is 11.3 Å². The lowest BCUT2D eigenvalue weighted by Crippen LogP contribution is -2.45. The molecule has 0 saturated heterocycles. The molecule has 2 amide bonds. The number of hydrogen-bond acceptors (Lipinski definition) is 5. The van der Waals surface area contributed by atoms with Gasteiger partial charge in [0.25, 0.3) is 5.91 Å². The van der Waals surface area contributed by atoms with E-state index in [1.807, 2.05) is 59.6 Å². The third-order valence-corrected chi connectivity index (χ3v) is 5.93. The number of amides is 2. The smallest absolute Gasteiger partial charge is 0.262 e. The standard InChI is InChI=1S/C25H24N4O3S/c1-29-14-13-26-23(29)17-32-20-11-9-19(10-12-20)27-24(30)21(16-18-6-3-2-4-7-18)28-25(31)22-8-5-15-33-22/h2-15,21H,16-17H2,1H3,(H,27,30)(H,28,31). The highest BCUT2D eigenvalue weighted by atomic mass is 32.1. The Labute approximate surface area is 196 Å². The van der Waals surface area contributed by atoms with Crippen LogP contribution in [-0.2, 0) is 24.9 Å². The maximum atomic E-state index is 13.1. The van der Waals surface area contributed by atoms with Crippen molar-refractivity contribution in [2.24, 2.45) is 7.05 Å². The van der Waals surface area contributed by atoms with Crippen LogP contribution in [0.4, 0.5) is 5.69 Å². The zero-order valence-electron chi connectivity index (χ0n) is 18.1. The molecule has 0 saturated carbocycles. The Hall–Kier alpha value is -3.91. The quantitative estimate of drug-likeness (QED) is 0.395. The summed E-state index contributed by atoms with van der Waals surface area (Å²) in [5.41, 5.74) is 1.58. The first-order chi connectivity index (χ1) is 16.1. The zero-order chi connectivity index (χ0) is 23.0. The van der Waals surface area contributed by atoms with Crippen LogP contribution in [0.15, 0.2) is 84.5 Å². The van der Waals surface area contributed by atoms with Crippen molar-refractivity contribution >= 4 is 28.8 Å². The molecule has 0 radical (unpaired) electrons. The summed E-state index contributed by atoms with van der Waals surface area (Å²) >= 11 is 1.34. The predicted molar refractivity (Wildman–Crippen MR) is 128 cm³/mol. The van der Waals surface area contributed by atoms with Crippen LogP contribution in [0.3, 0.4) is 0 Å². The van der Waals surface area contributed by atoms with Crippen LogP contribution >= 0.6 is 11.3 Å². The third kappa shape index (κ3) is 6.08. The molecule has 0 aliphatic rings. The number of anilines is 1. The van der Waals surface area contributed by atoms with E-state index in [4.69, 9.17) is 4.74 Å². The Bertz CT molecular complexity index is 1190. The largest absolute Gasteiger partial charge is 0.486 e. The first-order valence-electron chi connectivity index (χ1n) is 10.5. The van der Waals surface area contributed by atoms with Gasteiger partial charge in [0, 0.05) is 31.5 Å². The van der Waals surface area contributed by atoms with Gasteiger partial charge in [-0.3, -0.25) is 9.59 Å². The van der Waals surface area contributed by atoms with Gasteiger partial charge in [-0.25, -0.2) is 4.98 Å². The van der Waals surface area contributed by atoms with Crippen LogP contribution in [0.1, 0.15) is 21.1 Å². The molecule has 7 nitrogen and oxygen atoms in total. The predicted octanol–water partition coefficient (Wildman–Crippen LogP) is 4.04. The number of ether oxygens (including phenoxy) is 1. The molecule has 0 bridgehead atoms. The van der Waals surface area contributed by atoms with Crippen molar-refractivity contribution in [1.82, 2.24) is 14.9 Å². The zero-order valence-corrected chi connectivity index (χ0v) is 18.9. The normalized spacial score (nSPS) is 11.5. The molecule has 2 aromatic carbocycles. The van der Waals surface area contributed by atoms with Gasteiger partial charge in [-0.05, 0) is 41.3 Å². The average Bonchev–Trinajstić information content (AvgIpc) is 3.51. The fraction of sp³-hybridized carbons (Fsp3) is 0.160. The highest BCUT2D eigenvalue weighted by molar-refractivity contribution is 7.12. The summed E-state index contributed by atoms with van der Waals surface area (Å²) in [7, 11) is 1.91. The molecule has 0 aliphatic carbocycles. The lowest BCUT2D eigenvalue weighted by Gasteiger charge is -2.18. The summed E-state index contributed by atoms with van der Waals surface area (Å²) < 4.78 is 7.65. The van der Waals surface area contributed by atoms with Gasteiger partial charge in [0.15, 0.2) is 0 Å². The van der Waals surface area contributed by atoms with Crippen LogP contribution in [0, 0.1) is 0 Å². The molecule has 4 aromatic rings. The molecular weight excluding hydrogens is 436 g/mol. The van der Waals surface area contributed by atoms with E-state index >= 15 is 0 Å². The summed E-state index contributed by atoms with van der Waals surface area (Å²) in [5, 5.41) is 7.59. The van der Waals surface area contributed by atoms with Crippen molar-refractivity contribution in [1.29, 1.82) is 0 Å². The maximum Gasteiger partial charge on any atom is 0.262 e. The fourth-order valence-corrected chi connectivity index (χ4v) is 3.87. The van der Waals surface area contributed by atoms with Crippen LogP contribution < -0.4 is 15.4 Å². The van der Waals surface area contributed by atoms with Crippen molar-refractivity contribution in [3.05, 3.63) is 101 Å². The molecular formula is C25H24N4O3S. The van der Waals surface area contributed by atoms with Crippen LogP contribution in [0.2, 0.25) is 0 Å². The fourth-order valence-electron chi connectivity index (χ4n) is 3.24. The molecule has 1 atom stereocenters. The van der Waals surface area contributed by atoms with E-state index in [-0.39, 0.29) is 11.8 Å². The number of rotatable bonds is 9. The molecule has 33 heavy (non-hydrogen) atoms. The van der Waals surface area contributed by atoms with Gasteiger partial charge in [0.05, 0.1) is 4.88 Å². The monoisotopic (exact) mass is 460 g/mol. The summed E-state index contributed by atoms with van der Waals surface area (Å²) in [5.74, 6) is 0.935. The van der Waals surface area contributed by atoms with Gasteiger partial charge >= 0.3 is 0 Å². The SMILES string of the molecule is Cn1ccnc1COc1ccc(NC(=O)C(Cc2ccccc2)NC(=O)c2cccs2)cc1. The summed E-state index contributed by atoms with van der Waals surface area (Å²) in [4.78, 5) is 30.5. The van der Waals surface area contributed by atoms with E-state index in [0.29, 0.717) is 29.3 Å². The highest BCUT2D eigenvalue weighted by Crippen LogP contribution is 2.18. The van der Waals surface area contributed by atoms with Crippen LogP contribution in [-0.4, -0.2) is 27.4 Å². The second-order valence-electron chi connectivity index (χ2n) is 7.45. The number of benzene rings is 2. The Morgan fingerprint density at radius 3 is 2.52 bits per heavy atom. The third-order valence-electron chi connectivity index (χ3n) is 5.06. The minimum Gasteiger partial charge on any atom is -0.486 e. The maximum absolute atomic E-state index is 13.1. The van der Waals surface area contributed by atoms with Gasteiger partial charge in [0.2, 0.25) is 5.91 Å². The van der Waals surface area contributed by atoms with Gasteiger partial charge in [-0.15, -0.1) is 11.3 Å². The van der Waals surface area contributed by atoms with E-state index < -0.39 is 6.04 Å². The molecule has 2 heterocycles.